The average molecular weight is 248 g/mol. The lowest BCUT2D eigenvalue weighted by Crippen LogP contribution is -2.30. The molecule has 0 saturated carbocycles. The molecule has 18 heavy (non-hydrogen) atoms. The number of allylic oxidation sites excluding steroid dienone is 3. The first-order chi connectivity index (χ1) is 8.73. The van der Waals surface area contributed by atoms with Crippen molar-refractivity contribution in [1.82, 2.24) is 0 Å². The standard InChI is InChI=1S/C15H20O3/c16-14(17)15(9-5-2-6-10-15)11-12-18-13-7-3-1-4-8-13/h3,5-7,9-10,13H,1-2,4,8,11-12H2,(H,16,17). The van der Waals surface area contributed by atoms with Crippen LogP contribution >= 0.6 is 0 Å². The number of carbonyl (C=O) groups is 1. The van der Waals surface area contributed by atoms with E-state index >= 15 is 0 Å². The van der Waals surface area contributed by atoms with Crippen LogP contribution in [0.3, 0.4) is 0 Å². The molecule has 0 spiro atoms. The fourth-order valence-corrected chi connectivity index (χ4v) is 2.41. The predicted molar refractivity (Wildman–Crippen MR) is 70.3 cm³/mol. The van der Waals surface area contributed by atoms with Crippen molar-refractivity contribution in [2.75, 3.05) is 6.61 Å². The third-order valence-electron chi connectivity index (χ3n) is 3.56. The third-order valence-corrected chi connectivity index (χ3v) is 3.56. The molecular formula is C15H20O3. The molecule has 3 heteroatoms. The molecule has 1 N–H and O–H groups in total. The molecule has 0 amide bonds. The van der Waals surface area contributed by atoms with Crippen molar-refractivity contribution in [1.29, 1.82) is 0 Å². The summed E-state index contributed by atoms with van der Waals surface area (Å²) < 4.78 is 5.74. The zero-order chi connectivity index (χ0) is 12.8. The Morgan fingerprint density at radius 3 is 2.72 bits per heavy atom. The van der Waals surface area contributed by atoms with Crippen molar-refractivity contribution < 1.29 is 14.6 Å². The summed E-state index contributed by atoms with van der Waals surface area (Å²) in [4.78, 5) is 11.4. The molecule has 1 unspecified atom stereocenters. The van der Waals surface area contributed by atoms with Gasteiger partial charge in [0.25, 0.3) is 0 Å². The van der Waals surface area contributed by atoms with Crippen LogP contribution in [0.25, 0.3) is 0 Å². The van der Waals surface area contributed by atoms with Crippen LogP contribution in [-0.4, -0.2) is 23.8 Å². The molecule has 2 rings (SSSR count). The first-order valence-corrected chi connectivity index (χ1v) is 6.60. The van der Waals surface area contributed by atoms with Gasteiger partial charge in [0.1, 0.15) is 5.41 Å². The van der Waals surface area contributed by atoms with E-state index in [1.54, 1.807) is 12.2 Å². The Balaban J connectivity index is 1.86. The van der Waals surface area contributed by atoms with Gasteiger partial charge in [0.15, 0.2) is 0 Å². The lowest BCUT2D eigenvalue weighted by molar-refractivity contribution is -0.144. The van der Waals surface area contributed by atoms with Crippen LogP contribution in [0.15, 0.2) is 36.5 Å². The molecule has 2 aliphatic carbocycles. The number of carboxylic acid groups (broad SMARTS) is 1. The molecule has 0 radical (unpaired) electrons. The second-order valence-electron chi connectivity index (χ2n) is 4.90. The smallest absolute Gasteiger partial charge is 0.317 e. The molecule has 0 aromatic carbocycles. The second-order valence-corrected chi connectivity index (χ2v) is 4.90. The molecule has 2 aliphatic rings. The van der Waals surface area contributed by atoms with Crippen LogP contribution in [0, 0.1) is 5.41 Å². The summed E-state index contributed by atoms with van der Waals surface area (Å²) >= 11 is 0. The van der Waals surface area contributed by atoms with E-state index in [4.69, 9.17) is 4.74 Å². The maximum Gasteiger partial charge on any atom is 0.317 e. The van der Waals surface area contributed by atoms with E-state index < -0.39 is 11.4 Å². The van der Waals surface area contributed by atoms with E-state index in [2.05, 4.69) is 12.2 Å². The summed E-state index contributed by atoms with van der Waals surface area (Å²) in [6, 6.07) is 0. The van der Waals surface area contributed by atoms with Crippen LogP contribution < -0.4 is 0 Å². The van der Waals surface area contributed by atoms with Gasteiger partial charge in [-0.25, -0.2) is 0 Å². The van der Waals surface area contributed by atoms with E-state index in [0.717, 1.165) is 25.7 Å². The molecule has 98 valence electrons. The Kier molecular flexibility index (Phi) is 4.37. The van der Waals surface area contributed by atoms with Crippen molar-refractivity contribution in [2.45, 2.75) is 38.2 Å². The Morgan fingerprint density at radius 2 is 2.11 bits per heavy atom. The lowest BCUT2D eigenvalue weighted by Gasteiger charge is -2.25. The number of aliphatic carboxylic acids is 1. The molecule has 1 atom stereocenters. The minimum absolute atomic E-state index is 0.168. The van der Waals surface area contributed by atoms with Crippen molar-refractivity contribution in [3.63, 3.8) is 0 Å². The van der Waals surface area contributed by atoms with E-state index in [0.29, 0.717) is 13.0 Å². The van der Waals surface area contributed by atoms with Crippen LogP contribution in [0.4, 0.5) is 0 Å². The highest BCUT2D eigenvalue weighted by atomic mass is 16.5. The van der Waals surface area contributed by atoms with E-state index in [1.165, 1.54) is 0 Å². The van der Waals surface area contributed by atoms with Gasteiger partial charge in [-0.2, -0.15) is 0 Å². The molecule has 0 heterocycles. The highest BCUT2D eigenvalue weighted by molar-refractivity contribution is 5.80. The highest BCUT2D eigenvalue weighted by Gasteiger charge is 2.33. The van der Waals surface area contributed by atoms with Gasteiger partial charge in [0.05, 0.1) is 6.10 Å². The third kappa shape index (κ3) is 3.10. The average Bonchev–Trinajstić information content (AvgIpc) is 2.41. The molecule has 0 saturated heterocycles. The van der Waals surface area contributed by atoms with Gasteiger partial charge in [-0.3, -0.25) is 4.79 Å². The van der Waals surface area contributed by atoms with Crippen molar-refractivity contribution >= 4 is 5.97 Å². The van der Waals surface area contributed by atoms with Gasteiger partial charge in [-0.15, -0.1) is 0 Å². The molecule has 0 aliphatic heterocycles. The molecule has 0 bridgehead atoms. The largest absolute Gasteiger partial charge is 0.480 e. The molecular weight excluding hydrogens is 228 g/mol. The number of hydrogen-bond acceptors (Lipinski definition) is 2. The zero-order valence-corrected chi connectivity index (χ0v) is 10.5. The fourth-order valence-electron chi connectivity index (χ4n) is 2.41. The summed E-state index contributed by atoms with van der Waals surface area (Å²) in [5.74, 6) is -0.794. The number of rotatable bonds is 5. The van der Waals surface area contributed by atoms with Gasteiger partial charge in [-0.05, 0) is 32.1 Å². The second kappa shape index (κ2) is 6.01. The SMILES string of the molecule is O=C(O)C1(CCOC2C=CCCC2)C=CCC=C1. The highest BCUT2D eigenvalue weighted by Crippen LogP contribution is 2.30. The summed E-state index contributed by atoms with van der Waals surface area (Å²) in [6.45, 7) is 0.482. The summed E-state index contributed by atoms with van der Waals surface area (Å²) in [5.41, 5.74) is -0.864. The minimum atomic E-state index is -0.864. The van der Waals surface area contributed by atoms with E-state index in [-0.39, 0.29) is 6.10 Å². The van der Waals surface area contributed by atoms with E-state index in [9.17, 15) is 9.90 Å². The summed E-state index contributed by atoms with van der Waals surface area (Å²) in [5, 5.41) is 9.35. The first kappa shape index (κ1) is 13.1. The Bertz CT molecular complexity index is 367. The molecule has 3 nitrogen and oxygen atoms in total. The van der Waals surface area contributed by atoms with Crippen LogP contribution in [0.2, 0.25) is 0 Å². The maximum atomic E-state index is 11.4. The minimum Gasteiger partial charge on any atom is -0.480 e. The monoisotopic (exact) mass is 248 g/mol. The van der Waals surface area contributed by atoms with Crippen LogP contribution in [-0.2, 0) is 9.53 Å². The van der Waals surface area contributed by atoms with Crippen molar-refractivity contribution in [3.05, 3.63) is 36.5 Å². The topological polar surface area (TPSA) is 46.5 Å². The fraction of sp³-hybridized carbons (Fsp3) is 0.533. The van der Waals surface area contributed by atoms with Crippen molar-refractivity contribution in [3.8, 4) is 0 Å². The molecule has 0 aromatic rings. The number of ether oxygens (including phenoxy) is 1. The van der Waals surface area contributed by atoms with Gasteiger partial charge in [0.2, 0.25) is 0 Å². The Hall–Kier alpha value is -1.35. The number of carboxylic acids is 1. The number of hydrogen-bond donors (Lipinski definition) is 1. The van der Waals surface area contributed by atoms with Gasteiger partial charge in [-0.1, -0.05) is 36.5 Å². The Morgan fingerprint density at radius 1 is 1.33 bits per heavy atom. The quantitative estimate of drug-likeness (QED) is 0.760. The van der Waals surface area contributed by atoms with E-state index in [1.807, 2.05) is 12.2 Å². The normalized spacial score (nSPS) is 25.2. The molecule has 0 fully saturated rings. The van der Waals surface area contributed by atoms with Crippen molar-refractivity contribution in [2.24, 2.45) is 5.41 Å². The van der Waals surface area contributed by atoms with Crippen LogP contribution in [0.5, 0.6) is 0 Å². The lowest BCUT2D eigenvalue weighted by atomic mass is 9.81. The first-order valence-electron chi connectivity index (χ1n) is 6.60. The van der Waals surface area contributed by atoms with Crippen LogP contribution in [0.1, 0.15) is 32.1 Å². The zero-order valence-electron chi connectivity index (χ0n) is 10.5. The summed E-state index contributed by atoms with van der Waals surface area (Å²) in [7, 11) is 0. The van der Waals surface area contributed by atoms with Gasteiger partial charge < -0.3 is 9.84 Å². The maximum absolute atomic E-state index is 11.4. The predicted octanol–water partition coefficient (Wildman–Crippen LogP) is 3.09. The summed E-state index contributed by atoms with van der Waals surface area (Å²) in [6.07, 6.45) is 16.4. The van der Waals surface area contributed by atoms with Gasteiger partial charge >= 0.3 is 5.97 Å². The Labute approximate surface area is 108 Å². The molecule has 0 aromatic heterocycles. The van der Waals surface area contributed by atoms with Gasteiger partial charge in [0, 0.05) is 6.61 Å².